The number of benzene rings is 1. The first-order chi connectivity index (χ1) is 9.17. The van der Waals surface area contributed by atoms with E-state index in [1.165, 1.54) is 0 Å². The van der Waals surface area contributed by atoms with Crippen LogP contribution in [0.1, 0.15) is 32.7 Å². The largest absolute Gasteiger partial charge is 0.496 e. The molecule has 6 heteroatoms. The van der Waals surface area contributed by atoms with Crippen LogP contribution in [0.3, 0.4) is 0 Å². The lowest BCUT2D eigenvalue weighted by atomic mass is 10.1. The summed E-state index contributed by atoms with van der Waals surface area (Å²) in [5, 5.41) is 12.0. The lowest BCUT2D eigenvalue weighted by Gasteiger charge is -2.14. The van der Waals surface area contributed by atoms with Gasteiger partial charge in [0.05, 0.1) is 18.7 Å². The molecule has 0 bridgehead atoms. The lowest BCUT2D eigenvalue weighted by molar-refractivity contribution is 0.413. The molecule has 1 unspecified atom stereocenters. The number of methoxy groups -OCH3 is 1. The summed E-state index contributed by atoms with van der Waals surface area (Å²) in [4.78, 5) is 0. The van der Waals surface area contributed by atoms with E-state index < -0.39 is 0 Å². The van der Waals surface area contributed by atoms with Gasteiger partial charge < -0.3 is 10.5 Å². The van der Waals surface area contributed by atoms with Crippen molar-refractivity contribution in [3.63, 3.8) is 0 Å². The first kappa shape index (κ1) is 13.3. The van der Waals surface area contributed by atoms with Crippen LogP contribution in [0.15, 0.2) is 18.2 Å². The maximum absolute atomic E-state index is 5.84. The Bertz CT molecular complexity index is 552. The lowest BCUT2D eigenvalue weighted by Crippen LogP contribution is -2.09. The van der Waals surface area contributed by atoms with Crippen molar-refractivity contribution < 1.29 is 4.74 Å². The molecule has 102 valence electrons. The van der Waals surface area contributed by atoms with Crippen LogP contribution < -0.4 is 10.5 Å². The number of hydrogen-bond acceptors (Lipinski definition) is 5. The molecule has 0 aliphatic carbocycles. The fourth-order valence-electron chi connectivity index (χ4n) is 2.11. The van der Waals surface area contributed by atoms with Gasteiger partial charge in [0.2, 0.25) is 0 Å². The maximum Gasteiger partial charge on any atom is 0.186 e. The molecule has 1 atom stereocenters. The second-order valence-corrected chi connectivity index (χ2v) is 4.54. The van der Waals surface area contributed by atoms with Gasteiger partial charge in [0.15, 0.2) is 5.82 Å². The third-order valence-corrected chi connectivity index (χ3v) is 3.08. The highest BCUT2D eigenvalue weighted by Gasteiger charge is 2.17. The van der Waals surface area contributed by atoms with Crippen LogP contribution in [0.2, 0.25) is 0 Å². The number of aromatic nitrogens is 4. The van der Waals surface area contributed by atoms with E-state index in [9.17, 15) is 0 Å². The Kier molecular flexibility index (Phi) is 3.99. The zero-order valence-electron chi connectivity index (χ0n) is 11.5. The fraction of sp³-hybridized carbons (Fsp3) is 0.462. The minimum atomic E-state index is 0.237. The third kappa shape index (κ3) is 2.67. The van der Waals surface area contributed by atoms with E-state index in [0.29, 0.717) is 17.3 Å². The van der Waals surface area contributed by atoms with Crippen molar-refractivity contribution in [3.05, 3.63) is 18.2 Å². The van der Waals surface area contributed by atoms with Gasteiger partial charge in [0.25, 0.3) is 0 Å². The van der Waals surface area contributed by atoms with Gasteiger partial charge >= 0.3 is 0 Å². The van der Waals surface area contributed by atoms with Crippen molar-refractivity contribution >= 4 is 5.69 Å². The average Bonchev–Trinajstić information content (AvgIpc) is 2.88. The van der Waals surface area contributed by atoms with Gasteiger partial charge in [-0.2, -0.15) is 0 Å². The smallest absolute Gasteiger partial charge is 0.186 e. The normalized spacial score (nSPS) is 12.4. The van der Waals surface area contributed by atoms with Crippen LogP contribution in [0.25, 0.3) is 11.4 Å². The number of hydrogen-bond donors (Lipinski definition) is 1. The summed E-state index contributed by atoms with van der Waals surface area (Å²) >= 11 is 0. The summed E-state index contributed by atoms with van der Waals surface area (Å²) in [7, 11) is 1.62. The van der Waals surface area contributed by atoms with Crippen molar-refractivity contribution in [3.8, 4) is 17.1 Å². The highest BCUT2D eigenvalue weighted by Crippen LogP contribution is 2.31. The predicted octanol–water partition coefficient (Wildman–Crippen LogP) is 2.29. The highest BCUT2D eigenvalue weighted by molar-refractivity contribution is 5.68. The molecule has 1 aromatic heterocycles. The van der Waals surface area contributed by atoms with Crippen LogP contribution in [-0.2, 0) is 0 Å². The second kappa shape index (κ2) is 5.69. The summed E-state index contributed by atoms with van der Waals surface area (Å²) in [5.74, 6) is 1.40. The van der Waals surface area contributed by atoms with Crippen LogP contribution in [-0.4, -0.2) is 27.3 Å². The van der Waals surface area contributed by atoms with E-state index >= 15 is 0 Å². The minimum absolute atomic E-state index is 0.237. The molecule has 19 heavy (non-hydrogen) atoms. The van der Waals surface area contributed by atoms with Crippen molar-refractivity contribution in [1.82, 2.24) is 20.2 Å². The SMILES string of the molecule is CCCC(C)n1nnnc1-c1cc(N)ccc1OC. The molecule has 0 aliphatic rings. The molecule has 1 heterocycles. The molecule has 0 aliphatic heterocycles. The van der Waals surface area contributed by atoms with Crippen molar-refractivity contribution in [2.24, 2.45) is 0 Å². The fourth-order valence-corrected chi connectivity index (χ4v) is 2.11. The van der Waals surface area contributed by atoms with Crippen LogP contribution in [0, 0.1) is 0 Å². The Hall–Kier alpha value is -2.11. The van der Waals surface area contributed by atoms with Gasteiger partial charge in [-0.25, -0.2) is 4.68 Å². The van der Waals surface area contributed by atoms with Gasteiger partial charge in [-0.1, -0.05) is 13.3 Å². The first-order valence-corrected chi connectivity index (χ1v) is 6.39. The molecule has 2 N–H and O–H groups in total. The van der Waals surface area contributed by atoms with Gasteiger partial charge in [-0.05, 0) is 42.0 Å². The molecule has 0 saturated carbocycles. The minimum Gasteiger partial charge on any atom is -0.496 e. The van der Waals surface area contributed by atoms with Gasteiger partial charge in [-0.3, -0.25) is 0 Å². The summed E-state index contributed by atoms with van der Waals surface area (Å²) in [5.41, 5.74) is 7.32. The molecule has 2 aromatic rings. The Morgan fingerprint density at radius 2 is 2.21 bits per heavy atom. The quantitative estimate of drug-likeness (QED) is 0.835. The van der Waals surface area contributed by atoms with Crippen LogP contribution >= 0.6 is 0 Å². The first-order valence-electron chi connectivity index (χ1n) is 6.39. The summed E-state index contributed by atoms with van der Waals surface area (Å²) in [6.07, 6.45) is 2.09. The number of nitrogens with two attached hydrogens (primary N) is 1. The van der Waals surface area contributed by atoms with Gasteiger partial charge in [0.1, 0.15) is 5.75 Å². The van der Waals surface area contributed by atoms with E-state index in [2.05, 4.69) is 29.4 Å². The van der Waals surface area contributed by atoms with Crippen molar-refractivity contribution in [2.45, 2.75) is 32.7 Å². The van der Waals surface area contributed by atoms with E-state index in [4.69, 9.17) is 10.5 Å². The standard InChI is InChI=1S/C13H19N5O/c1-4-5-9(2)18-13(15-16-17-18)11-8-10(14)6-7-12(11)19-3/h6-9H,4-5,14H2,1-3H3. The third-order valence-electron chi connectivity index (χ3n) is 3.08. The Morgan fingerprint density at radius 1 is 1.42 bits per heavy atom. The van der Waals surface area contributed by atoms with Crippen molar-refractivity contribution in [2.75, 3.05) is 12.8 Å². The summed E-state index contributed by atoms with van der Waals surface area (Å²) < 4.78 is 7.17. The molecule has 0 amide bonds. The van der Waals surface area contributed by atoms with E-state index in [-0.39, 0.29) is 6.04 Å². The molecule has 2 rings (SSSR count). The topological polar surface area (TPSA) is 78.9 Å². The number of nitrogens with zero attached hydrogens (tertiary/aromatic N) is 4. The number of nitrogen functional groups attached to an aromatic ring is 1. The summed E-state index contributed by atoms with van der Waals surface area (Å²) in [6.45, 7) is 4.24. The second-order valence-electron chi connectivity index (χ2n) is 4.54. The number of ether oxygens (including phenoxy) is 1. The maximum atomic E-state index is 5.84. The highest BCUT2D eigenvalue weighted by atomic mass is 16.5. The molecule has 0 saturated heterocycles. The van der Waals surface area contributed by atoms with Gasteiger partial charge in [-0.15, -0.1) is 5.10 Å². The van der Waals surface area contributed by atoms with E-state index in [1.807, 2.05) is 16.8 Å². The molecular formula is C13H19N5O. The monoisotopic (exact) mass is 261 g/mol. The number of rotatable bonds is 5. The predicted molar refractivity (Wildman–Crippen MR) is 73.8 cm³/mol. The van der Waals surface area contributed by atoms with E-state index in [1.54, 1.807) is 13.2 Å². The zero-order chi connectivity index (χ0) is 13.8. The molecule has 0 fully saturated rings. The van der Waals surface area contributed by atoms with Crippen LogP contribution in [0.5, 0.6) is 5.75 Å². The Balaban J connectivity index is 2.47. The zero-order valence-corrected chi connectivity index (χ0v) is 11.5. The Labute approximate surface area is 112 Å². The number of anilines is 1. The van der Waals surface area contributed by atoms with Gasteiger partial charge in [0, 0.05) is 5.69 Å². The van der Waals surface area contributed by atoms with Crippen molar-refractivity contribution in [1.29, 1.82) is 0 Å². The number of tetrazole rings is 1. The molecule has 0 spiro atoms. The molecule has 0 radical (unpaired) electrons. The average molecular weight is 261 g/mol. The summed E-state index contributed by atoms with van der Waals surface area (Å²) in [6, 6.07) is 5.70. The van der Waals surface area contributed by atoms with E-state index in [0.717, 1.165) is 18.4 Å². The molecule has 1 aromatic carbocycles. The van der Waals surface area contributed by atoms with Crippen LogP contribution in [0.4, 0.5) is 5.69 Å². The Morgan fingerprint density at radius 3 is 2.89 bits per heavy atom. The molecular weight excluding hydrogens is 242 g/mol. The molecule has 6 nitrogen and oxygen atoms in total.